The molecule has 2 saturated heterocycles. The van der Waals surface area contributed by atoms with E-state index in [1.807, 2.05) is 4.90 Å². The number of carbonyl (C=O) groups is 4. The SMILES string of the molecule is Cn1nnnc1SCC1=C(C(=O)[O-])N2C(=O)[C@@H](NC(=O)C(NC(=O)c3c[nH]c4nc(N5CCNCC5)ncc4c3=O)c3ccc(O)cc3)[C@H]2SC1.[Na+]. The largest absolute Gasteiger partial charge is 1.00 e. The number of amides is 3. The van der Waals surface area contributed by atoms with Gasteiger partial charge in [-0.25, -0.2) is 9.67 Å². The van der Waals surface area contributed by atoms with Crippen molar-refractivity contribution in [3.05, 3.63) is 69.3 Å². The van der Waals surface area contributed by atoms with Crippen molar-refractivity contribution in [1.29, 1.82) is 0 Å². The third kappa shape index (κ3) is 7.23. The van der Waals surface area contributed by atoms with Gasteiger partial charge in [0.25, 0.3) is 11.8 Å². The molecular weight excluding hydrogens is 728 g/mol. The molecule has 7 rings (SSSR count). The van der Waals surface area contributed by atoms with Crippen molar-refractivity contribution in [2.75, 3.05) is 42.6 Å². The van der Waals surface area contributed by atoms with E-state index in [0.717, 1.165) is 18.0 Å². The minimum absolute atomic E-state index is 0. The maximum absolute atomic E-state index is 13.8. The number of piperazine rings is 1. The second kappa shape index (κ2) is 15.6. The molecule has 3 amide bonds. The van der Waals surface area contributed by atoms with Crippen molar-refractivity contribution in [3.63, 3.8) is 0 Å². The standard InChI is InChI=1S/C30H30N12O7S2.Na/c1-40-30(37-38-39-40)51-13-15-12-50-27-20(26(47)42(27)21(15)28(48)49)35-25(46)19(14-2-4-16(43)5-3-14)34-24(45)18-11-32-23-17(22(18)44)10-33-29(36-23)41-8-6-31-7-9-41;/h2-5,10-11,19-20,27,31,43H,6-9,12-13H2,1H3,(H,34,45)(H,35,46)(H,48,49)(H,32,33,36,44);/q;+1/p-1/t19?,20-,27-;/m1./s1. The van der Waals surface area contributed by atoms with Crippen LogP contribution >= 0.6 is 23.5 Å². The van der Waals surface area contributed by atoms with Gasteiger partial charge in [0.1, 0.15) is 34.4 Å². The molecule has 3 aliphatic rings. The number of thioether (sulfide) groups is 2. The predicted molar refractivity (Wildman–Crippen MR) is 180 cm³/mol. The number of nitrogens with one attached hydrogen (secondary N) is 4. The first-order chi connectivity index (χ1) is 24.6. The number of aromatic amines is 1. The number of anilines is 1. The number of carboxylic acid groups (broad SMARTS) is 1. The minimum Gasteiger partial charge on any atom is -0.543 e. The summed E-state index contributed by atoms with van der Waals surface area (Å²) in [6.07, 6.45) is 2.55. The number of H-pyrrole nitrogens is 1. The molecule has 0 aliphatic carbocycles. The van der Waals surface area contributed by atoms with Gasteiger partial charge in [0.15, 0.2) is 0 Å². The third-order valence-electron chi connectivity index (χ3n) is 8.52. The molecule has 0 bridgehead atoms. The van der Waals surface area contributed by atoms with E-state index in [2.05, 4.69) is 46.4 Å². The van der Waals surface area contributed by atoms with Gasteiger partial charge in [-0.05, 0) is 33.7 Å². The van der Waals surface area contributed by atoms with Crippen molar-refractivity contribution >= 4 is 64.2 Å². The summed E-state index contributed by atoms with van der Waals surface area (Å²) in [5.41, 5.74) is -0.330. The number of aryl methyl sites for hydroxylation is 1. The van der Waals surface area contributed by atoms with Gasteiger partial charge in [-0.1, -0.05) is 23.9 Å². The van der Waals surface area contributed by atoms with Gasteiger partial charge < -0.3 is 40.8 Å². The summed E-state index contributed by atoms with van der Waals surface area (Å²) in [5, 5.41) is 41.5. The Morgan fingerprint density at radius 3 is 2.62 bits per heavy atom. The molecule has 52 heavy (non-hydrogen) atoms. The van der Waals surface area contributed by atoms with Crippen LogP contribution in [-0.4, -0.2) is 118 Å². The average Bonchev–Trinajstić information content (AvgIpc) is 3.56. The zero-order chi connectivity index (χ0) is 35.8. The van der Waals surface area contributed by atoms with Crippen LogP contribution in [0.5, 0.6) is 5.75 Å². The summed E-state index contributed by atoms with van der Waals surface area (Å²) in [7, 11) is 1.64. The molecule has 3 atom stereocenters. The van der Waals surface area contributed by atoms with Crippen LogP contribution in [-0.2, 0) is 21.4 Å². The number of nitrogens with zero attached hydrogens (tertiary/aromatic N) is 8. The smallest absolute Gasteiger partial charge is 0.543 e. The number of fused-ring (bicyclic) bond motifs is 2. The first-order valence-corrected chi connectivity index (χ1v) is 17.6. The molecule has 19 nitrogen and oxygen atoms in total. The minimum atomic E-state index is -1.54. The quantitative estimate of drug-likeness (QED) is 0.0575. The van der Waals surface area contributed by atoms with Crippen LogP contribution in [0.15, 0.2) is 57.9 Å². The van der Waals surface area contributed by atoms with Crippen LogP contribution in [0.25, 0.3) is 11.0 Å². The zero-order valence-corrected chi connectivity index (χ0v) is 31.4. The number of carboxylic acids is 1. The molecule has 0 spiro atoms. The van der Waals surface area contributed by atoms with E-state index in [-0.39, 0.29) is 74.7 Å². The number of aliphatic carboxylic acids is 1. The molecule has 4 aromatic rings. The van der Waals surface area contributed by atoms with Crippen LogP contribution in [0, 0.1) is 0 Å². The molecular formula is C30H29N12NaO7S2. The van der Waals surface area contributed by atoms with Gasteiger partial charge in [-0.15, -0.1) is 16.9 Å². The number of rotatable bonds is 10. The van der Waals surface area contributed by atoms with Gasteiger partial charge in [0.2, 0.25) is 22.4 Å². The molecule has 6 heterocycles. The van der Waals surface area contributed by atoms with Gasteiger partial charge in [0.05, 0.1) is 17.1 Å². The molecule has 0 saturated carbocycles. The summed E-state index contributed by atoms with van der Waals surface area (Å²) in [6.45, 7) is 2.92. The molecule has 1 unspecified atom stereocenters. The Morgan fingerprint density at radius 2 is 1.92 bits per heavy atom. The molecule has 1 aromatic carbocycles. The summed E-state index contributed by atoms with van der Waals surface area (Å²) in [5.74, 6) is -3.15. The molecule has 3 aromatic heterocycles. The Bertz CT molecular complexity index is 2140. The number of tetrazole rings is 1. The average molecular weight is 757 g/mol. The van der Waals surface area contributed by atoms with Crippen LogP contribution in [0.2, 0.25) is 0 Å². The van der Waals surface area contributed by atoms with Crippen molar-refractivity contribution in [1.82, 2.24) is 56.0 Å². The first-order valence-electron chi connectivity index (χ1n) is 15.6. The normalized spacial score (nSPS) is 19.0. The number of hydrogen-bond donors (Lipinski definition) is 5. The van der Waals surface area contributed by atoms with Crippen LogP contribution in [0.3, 0.4) is 0 Å². The Morgan fingerprint density at radius 1 is 1.17 bits per heavy atom. The maximum Gasteiger partial charge on any atom is 1.00 e. The van der Waals surface area contributed by atoms with Gasteiger partial charge in [-0.3, -0.25) is 24.1 Å². The molecule has 0 radical (unpaired) electrons. The molecule has 22 heteroatoms. The second-order valence-corrected chi connectivity index (χ2v) is 13.8. The van der Waals surface area contributed by atoms with E-state index >= 15 is 0 Å². The van der Waals surface area contributed by atoms with Crippen LogP contribution < -0.4 is 60.9 Å². The number of aromatic nitrogens is 7. The maximum atomic E-state index is 13.8. The monoisotopic (exact) mass is 756 g/mol. The summed E-state index contributed by atoms with van der Waals surface area (Å²) in [6, 6.07) is 2.91. The van der Waals surface area contributed by atoms with Gasteiger partial charge >= 0.3 is 29.6 Å². The van der Waals surface area contributed by atoms with Crippen molar-refractivity contribution in [3.8, 4) is 5.75 Å². The molecule has 2 fully saturated rings. The first kappa shape index (κ1) is 37.2. The number of phenolic OH excluding ortho intramolecular Hbond substituents is 1. The van der Waals surface area contributed by atoms with Crippen LogP contribution in [0.1, 0.15) is 22.0 Å². The van der Waals surface area contributed by atoms with Crippen molar-refractivity contribution < 1.29 is 58.9 Å². The predicted octanol–water partition coefficient (Wildman–Crippen LogP) is -5.37. The third-order valence-corrected chi connectivity index (χ3v) is 11.0. The molecule has 264 valence electrons. The zero-order valence-electron chi connectivity index (χ0n) is 27.7. The number of pyridine rings is 1. The van der Waals surface area contributed by atoms with E-state index in [0.29, 0.717) is 29.8 Å². The number of phenols is 1. The van der Waals surface area contributed by atoms with E-state index < -0.39 is 46.6 Å². The summed E-state index contributed by atoms with van der Waals surface area (Å²) >= 11 is 2.46. The van der Waals surface area contributed by atoms with E-state index in [4.69, 9.17) is 0 Å². The van der Waals surface area contributed by atoms with E-state index in [1.54, 1.807) is 7.05 Å². The number of aromatic hydroxyl groups is 1. The Kier molecular flexibility index (Phi) is 11.2. The number of hydrogen-bond acceptors (Lipinski definition) is 16. The Hall–Kier alpha value is -4.54. The fourth-order valence-corrected chi connectivity index (χ4v) is 8.21. The summed E-state index contributed by atoms with van der Waals surface area (Å²) < 4.78 is 1.43. The Balaban J connectivity index is 0.00000464. The number of benzene rings is 1. The van der Waals surface area contributed by atoms with E-state index in [1.165, 1.54) is 64.9 Å². The second-order valence-electron chi connectivity index (χ2n) is 11.7. The van der Waals surface area contributed by atoms with Crippen LogP contribution in [0.4, 0.5) is 5.95 Å². The van der Waals surface area contributed by atoms with Gasteiger partial charge in [0, 0.05) is 57.1 Å². The van der Waals surface area contributed by atoms with Crippen molar-refractivity contribution in [2.45, 2.75) is 22.6 Å². The van der Waals surface area contributed by atoms with Crippen molar-refractivity contribution in [2.24, 2.45) is 7.05 Å². The van der Waals surface area contributed by atoms with Gasteiger partial charge in [-0.2, -0.15) is 4.98 Å². The summed E-state index contributed by atoms with van der Waals surface area (Å²) in [4.78, 5) is 81.1. The molecule has 3 aliphatic heterocycles. The fraction of sp³-hybridized carbons (Fsp3) is 0.333. The number of carbonyl (C=O) groups excluding carboxylic acids is 4. The number of β-lactam (4-membered cyclic amide) rings is 1. The Labute approximate surface area is 324 Å². The van der Waals surface area contributed by atoms with E-state index in [9.17, 15) is 34.2 Å². The fourth-order valence-electron chi connectivity index (χ4n) is 5.88. The topological polar surface area (TPSA) is 256 Å². The molecule has 5 N–H and O–H groups in total.